The predicted octanol–water partition coefficient (Wildman–Crippen LogP) is 3.27. The van der Waals surface area contributed by atoms with E-state index in [2.05, 4.69) is 0 Å². The summed E-state index contributed by atoms with van der Waals surface area (Å²) in [6.45, 7) is 3.21. The summed E-state index contributed by atoms with van der Waals surface area (Å²) in [4.78, 5) is 23.5. The van der Waals surface area contributed by atoms with Gasteiger partial charge in [-0.3, -0.25) is 4.79 Å². The van der Waals surface area contributed by atoms with Gasteiger partial charge in [-0.05, 0) is 49.7 Å². The van der Waals surface area contributed by atoms with Gasteiger partial charge >= 0.3 is 5.97 Å². The van der Waals surface area contributed by atoms with E-state index in [0.717, 1.165) is 5.56 Å². The molecule has 1 N–H and O–H groups in total. The van der Waals surface area contributed by atoms with Crippen LogP contribution in [0.4, 0.5) is 0 Å². The molecule has 0 aliphatic carbocycles. The maximum absolute atomic E-state index is 12.1. The largest absolute Gasteiger partial charge is 0.507 e. The molecule has 0 fully saturated rings. The lowest BCUT2D eigenvalue weighted by Crippen LogP contribution is -2.07. The third-order valence-corrected chi connectivity index (χ3v) is 3.42. The number of hydrogen-bond acceptors (Lipinski definition) is 5. The summed E-state index contributed by atoms with van der Waals surface area (Å²) < 4.78 is 10.4. The van der Waals surface area contributed by atoms with E-state index in [0.29, 0.717) is 16.9 Å². The molecule has 120 valence electrons. The molecule has 2 rings (SSSR count). The Balaban J connectivity index is 2.18. The van der Waals surface area contributed by atoms with Crippen LogP contribution in [0, 0.1) is 6.92 Å². The van der Waals surface area contributed by atoms with Gasteiger partial charge in [-0.1, -0.05) is 6.07 Å². The standard InChI is InChI=1S/C18H18O5/c1-11-4-6-15(16(20)8-11)18(21)23-10-14-9-13(12(2)19)5-7-17(14)22-3/h4-9,20H,10H2,1-3H3. The topological polar surface area (TPSA) is 72.8 Å². The number of aromatic hydroxyl groups is 1. The average molecular weight is 314 g/mol. The fourth-order valence-electron chi connectivity index (χ4n) is 2.15. The van der Waals surface area contributed by atoms with E-state index in [1.165, 1.54) is 26.2 Å². The molecule has 5 heteroatoms. The second kappa shape index (κ2) is 6.96. The summed E-state index contributed by atoms with van der Waals surface area (Å²) in [7, 11) is 1.50. The van der Waals surface area contributed by atoms with Crippen LogP contribution in [-0.2, 0) is 11.3 Å². The van der Waals surface area contributed by atoms with Crippen LogP contribution in [0.15, 0.2) is 36.4 Å². The molecule has 0 atom stereocenters. The minimum Gasteiger partial charge on any atom is -0.507 e. The zero-order valence-electron chi connectivity index (χ0n) is 13.3. The molecule has 0 spiro atoms. The second-order valence-electron chi connectivity index (χ2n) is 5.18. The van der Waals surface area contributed by atoms with Gasteiger partial charge in [0, 0.05) is 11.1 Å². The van der Waals surface area contributed by atoms with Gasteiger partial charge in [0.25, 0.3) is 0 Å². The smallest absolute Gasteiger partial charge is 0.342 e. The summed E-state index contributed by atoms with van der Waals surface area (Å²) in [5.74, 6) is -0.329. The number of hydrogen-bond donors (Lipinski definition) is 1. The first-order chi connectivity index (χ1) is 10.9. The number of methoxy groups -OCH3 is 1. The Kier molecular flexibility index (Phi) is 5.01. The van der Waals surface area contributed by atoms with Gasteiger partial charge in [0.1, 0.15) is 23.7 Å². The Labute approximate surface area is 134 Å². The van der Waals surface area contributed by atoms with Gasteiger partial charge in [-0.15, -0.1) is 0 Å². The number of rotatable bonds is 5. The molecule has 0 saturated heterocycles. The Hall–Kier alpha value is -2.82. The number of phenolic OH excluding ortho intramolecular Hbond substituents is 1. The van der Waals surface area contributed by atoms with Crippen LogP contribution < -0.4 is 4.74 Å². The Bertz CT molecular complexity index is 749. The Morgan fingerprint density at radius 3 is 2.48 bits per heavy atom. The van der Waals surface area contributed by atoms with Gasteiger partial charge in [0.15, 0.2) is 5.78 Å². The van der Waals surface area contributed by atoms with Crippen LogP contribution in [0.5, 0.6) is 11.5 Å². The summed E-state index contributed by atoms with van der Waals surface area (Å²) in [6, 6.07) is 9.65. The Morgan fingerprint density at radius 2 is 1.87 bits per heavy atom. The van der Waals surface area contributed by atoms with Gasteiger partial charge in [0.05, 0.1) is 7.11 Å². The molecule has 0 amide bonds. The molecule has 0 saturated carbocycles. The monoisotopic (exact) mass is 314 g/mol. The minimum absolute atomic E-state index is 0.0591. The van der Waals surface area contributed by atoms with E-state index >= 15 is 0 Å². The highest BCUT2D eigenvalue weighted by atomic mass is 16.5. The molecule has 0 aromatic heterocycles. The summed E-state index contributed by atoms with van der Waals surface area (Å²) in [5, 5.41) is 9.81. The maximum Gasteiger partial charge on any atom is 0.342 e. The predicted molar refractivity (Wildman–Crippen MR) is 85.0 cm³/mol. The van der Waals surface area contributed by atoms with E-state index in [1.54, 1.807) is 24.3 Å². The van der Waals surface area contributed by atoms with E-state index in [-0.39, 0.29) is 23.7 Å². The first-order valence-corrected chi connectivity index (χ1v) is 7.07. The molecule has 2 aromatic rings. The first kappa shape index (κ1) is 16.5. The second-order valence-corrected chi connectivity index (χ2v) is 5.18. The molecule has 2 aromatic carbocycles. The highest BCUT2D eigenvalue weighted by Gasteiger charge is 2.14. The van der Waals surface area contributed by atoms with Crippen molar-refractivity contribution in [2.75, 3.05) is 7.11 Å². The van der Waals surface area contributed by atoms with Gasteiger partial charge in [-0.25, -0.2) is 4.79 Å². The average Bonchev–Trinajstić information content (AvgIpc) is 2.52. The van der Waals surface area contributed by atoms with Crippen LogP contribution in [0.3, 0.4) is 0 Å². The van der Waals surface area contributed by atoms with E-state index < -0.39 is 5.97 Å². The van der Waals surface area contributed by atoms with Crippen molar-refractivity contribution in [3.8, 4) is 11.5 Å². The Morgan fingerprint density at radius 1 is 1.13 bits per heavy atom. The number of phenols is 1. The lowest BCUT2D eigenvalue weighted by Gasteiger charge is -2.11. The van der Waals surface area contributed by atoms with Crippen LogP contribution in [0.2, 0.25) is 0 Å². The van der Waals surface area contributed by atoms with Gasteiger partial charge < -0.3 is 14.6 Å². The molecule has 5 nitrogen and oxygen atoms in total. The number of esters is 1. The fourth-order valence-corrected chi connectivity index (χ4v) is 2.15. The van der Waals surface area contributed by atoms with E-state index in [9.17, 15) is 14.7 Å². The summed E-state index contributed by atoms with van der Waals surface area (Å²) in [5.41, 5.74) is 2.03. The molecular formula is C18H18O5. The highest BCUT2D eigenvalue weighted by molar-refractivity contribution is 5.94. The number of carbonyl (C=O) groups is 2. The van der Waals surface area contributed by atoms with Crippen molar-refractivity contribution in [2.24, 2.45) is 0 Å². The minimum atomic E-state index is -0.641. The van der Waals surface area contributed by atoms with Crippen LogP contribution in [-0.4, -0.2) is 24.0 Å². The molecule has 0 aliphatic heterocycles. The number of ether oxygens (including phenoxy) is 2. The quantitative estimate of drug-likeness (QED) is 0.677. The third kappa shape index (κ3) is 3.88. The van der Waals surface area contributed by atoms with Crippen molar-refractivity contribution in [3.63, 3.8) is 0 Å². The molecule has 0 aliphatic rings. The summed E-state index contributed by atoms with van der Waals surface area (Å²) in [6.07, 6.45) is 0. The van der Waals surface area contributed by atoms with Crippen molar-refractivity contribution in [2.45, 2.75) is 20.5 Å². The van der Waals surface area contributed by atoms with Crippen LogP contribution in [0.25, 0.3) is 0 Å². The number of aryl methyl sites for hydroxylation is 1. The van der Waals surface area contributed by atoms with Crippen molar-refractivity contribution < 1.29 is 24.2 Å². The molecule has 0 unspecified atom stereocenters. The van der Waals surface area contributed by atoms with Gasteiger partial charge in [-0.2, -0.15) is 0 Å². The zero-order valence-corrected chi connectivity index (χ0v) is 13.3. The maximum atomic E-state index is 12.1. The van der Waals surface area contributed by atoms with Crippen molar-refractivity contribution in [1.82, 2.24) is 0 Å². The number of ketones is 1. The molecule has 23 heavy (non-hydrogen) atoms. The SMILES string of the molecule is COc1ccc(C(C)=O)cc1COC(=O)c1ccc(C)cc1O. The first-order valence-electron chi connectivity index (χ1n) is 7.07. The summed E-state index contributed by atoms with van der Waals surface area (Å²) >= 11 is 0. The van der Waals surface area contributed by atoms with Crippen LogP contribution in [0.1, 0.15) is 38.8 Å². The van der Waals surface area contributed by atoms with Crippen molar-refractivity contribution in [1.29, 1.82) is 0 Å². The normalized spacial score (nSPS) is 10.2. The van der Waals surface area contributed by atoms with Crippen LogP contribution >= 0.6 is 0 Å². The number of benzene rings is 2. The fraction of sp³-hybridized carbons (Fsp3) is 0.222. The lowest BCUT2D eigenvalue weighted by molar-refractivity contribution is 0.0467. The highest BCUT2D eigenvalue weighted by Crippen LogP contribution is 2.23. The van der Waals surface area contributed by atoms with Crippen molar-refractivity contribution >= 4 is 11.8 Å². The zero-order chi connectivity index (χ0) is 17.0. The number of Topliss-reactive ketones (excluding diaryl/α,β-unsaturated/α-hetero) is 1. The molecular weight excluding hydrogens is 296 g/mol. The third-order valence-electron chi connectivity index (χ3n) is 3.42. The van der Waals surface area contributed by atoms with E-state index in [4.69, 9.17) is 9.47 Å². The number of carbonyl (C=O) groups excluding carboxylic acids is 2. The molecule has 0 radical (unpaired) electrons. The molecule has 0 heterocycles. The van der Waals surface area contributed by atoms with Crippen molar-refractivity contribution in [3.05, 3.63) is 58.7 Å². The lowest BCUT2D eigenvalue weighted by atomic mass is 10.1. The van der Waals surface area contributed by atoms with E-state index in [1.807, 2.05) is 6.92 Å². The van der Waals surface area contributed by atoms with Gasteiger partial charge in [0.2, 0.25) is 0 Å². The molecule has 0 bridgehead atoms.